The van der Waals surface area contributed by atoms with Crippen molar-refractivity contribution in [1.82, 2.24) is 4.98 Å². The molecule has 0 fully saturated rings. The van der Waals surface area contributed by atoms with Gasteiger partial charge < -0.3 is 14.6 Å². The lowest BCUT2D eigenvalue weighted by Gasteiger charge is -2.18. The van der Waals surface area contributed by atoms with Crippen LogP contribution in [-0.2, 0) is 24.4 Å². The number of aryl methyl sites for hydroxylation is 1. The molecule has 0 saturated carbocycles. The summed E-state index contributed by atoms with van der Waals surface area (Å²) >= 11 is 0. The van der Waals surface area contributed by atoms with Crippen LogP contribution >= 0.6 is 0 Å². The molecule has 1 atom stereocenters. The Balaban J connectivity index is 2.09. The molecule has 0 spiro atoms. The molecule has 1 heterocycles. The van der Waals surface area contributed by atoms with E-state index >= 15 is 0 Å². The van der Waals surface area contributed by atoms with Crippen molar-refractivity contribution in [3.63, 3.8) is 0 Å². The van der Waals surface area contributed by atoms with Crippen LogP contribution in [0.25, 0.3) is 0 Å². The van der Waals surface area contributed by atoms with Crippen molar-refractivity contribution in [1.29, 1.82) is 0 Å². The first-order valence-electron chi connectivity index (χ1n) is 9.16. The van der Waals surface area contributed by atoms with E-state index in [2.05, 4.69) is 30.6 Å². The highest BCUT2D eigenvalue weighted by Gasteiger charge is 2.15. The van der Waals surface area contributed by atoms with Crippen molar-refractivity contribution in [3.05, 3.63) is 71.6 Å². The standard InChI is InChI=1S/C22H29NO3/c1-4-9-20(24)16-26-22-17(3)23-13-19(21(22)10-5-2)15-25-14-18-11-7-6-8-12-18/h4,6-8,11-13,20,24H,1,5,9-10,14-16H2,2-3H3/t20-/m0/s1. The molecule has 0 unspecified atom stereocenters. The Bertz CT molecular complexity index is 685. The van der Waals surface area contributed by atoms with Crippen molar-refractivity contribution in [2.45, 2.75) is 52.4 Å². The number of nitrogens with zero attached hydrogens (tertiary/aromatic N) is 1. The number of hydrogen-bond donors (Lipinski definition) is 1. The molecule has 0 aliphatic rings. The second-order valence-electron chi connectivity index (χ2n) is 6.39. The van der Waals surface area contributed by atoms with E-state index in [9.17, 15) is 5.11 Å². The summed E-state index contributed by atoms with van der Waals surface area (Å²) in [7, 11) is 0. The van der Waals surface area contributed by atoms with E-state index in [0.717, 1.165) is 41.0 Å². The van der Waals surface area contributed by atoms with E-state index in [1.807, 2.05) is 31.3 Å². The smallest absolute Gasteiger partial charge is 0.144 e. The molecule has 0 bridgehead atoms. The Hall–Kier alpha value is -2.17. The van der Waals surface area contributed by atoms with Gasteiger partial charge in [0.25, 0.3) is 0 Å². The van der Waals surface area contributed by atoms with Crippen molar-refractivity contribution >= 4 is 0 Å². The number of aromatic nitrogens is 1. The summed E-state index contributed by atoms with van der Waals surface area (Å²) < 4.78 is 11.8. The molecule has 2 aromatic rings. The van der Waals surface area contributed by atoms with Crippen molar-refractivity contribution in [2.24, 2.45) is 0 Å². The maximum Gasteiger partial charge on any atom is 0.144 e. The second-order valence-corrected chi connectivity index (χ2v) is 6.39. The van der Waals surface area contributed by atoms with Gasteiger partial charge in [-0.3, -0.25) is 4.98 Å². The van der Waals surface area contributed by atoms with E-state index < -0.39 is 6.10 Å². The van der Waals surface area contributed by atoms with Crippen LogP contribution in [0.2, 0.25) is 0 Å². The van der Waals surface area contributed by atoms with Gasteiger partial charge in [0.05, 0.1) is 25.0 Å². The highest BCUT2D eigenvalue weighted by molar-refractivity contribution is 5.42. The summed E-state index contributed by atoms with van der Waals surface area (Å²) in [6, 6.07) is 10.1. The first-order valence-corrected chi connectivity index (χ1v) is 9.16. The second kappa shape index (κ2) is 10.7. The molecule has 4 nitrogen and oxygen atoms in total. The van der Waals surface area contributed by atoms with Crippen molar-refractivity contribution < 1.29 is 14.6 Å². The number of pyridine rings is 1. The van der Waals surface area contributed by atoms with Gasteiger partial charge in [-0.1, -0.05) is 49.8 Å². The first-order chi connectivity index (χ1) is 12.7. The fourth-order valence-electron chi connectivity index (χ4n) is 2.81. The maximum absolute atomic E-state index is 9.92. The van der Waals surface area contributed by atoms with Gasteiger partial charge in [0, 0.05) is 17.3 Å². The zero-order chi connectivity index (χ0) is 18.8. The molecule has 4 heteroatoms. The molecule has 26 heavy (non-hydrogen) atoms. The van der Waals surface area contributed by atoms with E-state index in [1.54, 1.807) is 6.08 Å². The molecule has 1 aromatic carbocycles. The average Bonchev–Trinajstić information content (AvgIpc) is 2.64. The SMILES string of the molecule is C=CC[C@H](O)COc1c(C)ncc(COCc2ccccc2)c1CCC. The summed E-state index contributed by atoms with van der Waals surface area (Å²) in [6.07, 6.45) is 5.41. The third-order valence-corrected chi connectivity index (χ3v) is 4.13. The number of benzene rings is 1. The van der Waals surface area contributed by atoms with E-state index in [1.165, 1.54) is 0 Å². The molecule has 140 valence electrons. The quantitative estimate of drug-likeness (QED) is 0.608. The van der Waals surface area contributed by atoms with Crippen LogP contribution in [0.1, 0.15) is 42.1 Å². The molecule has 2 rings (SSSR count). The van der Waals surface area contributed by atoms with Gasteiger partial charge in [-0.15, -0.1) is 6.58 Å². The van der Waals surface area contributed by atoms with Gasteiger partial charge in [-0.05, 0) is 25.3 Å². The van der Waals surface area contributed by atoms with Gasteiger partial charge in [0.15, 0.2) is 0 Å². The zero-order valence-electron chi connectivity index (χ0n) is 15.8. The molecular weight excluding hydrogens is 326 g/mol. The monoisotopic (exact) mass is 355 g/mol. The lowest BCUT2D eigenvalue weighted by atomic mass is 10.0. The number of hydrogen-bond acceptors (Lipinski definition) is 4. The lowest BCUT2D eigenvalue weighted by molar-refractivity contribution is 0.102. The van der Waals surface area contributed by atoms with E-state index in [0.29, 0.717) is 19.6 Å². The van der Waals surface area contributed by atoms with Crippen molar-refractivity contribution in [3.8, 4) is 5.75 Å². The van der Waals surface area contributed by atoms with Gasteiger partial charge in [-0.25, -0.2) is 0 Å². The summed E-state index contributed by atoms with van der Waals surface area (Å²) in [5.41, 5.74) is 4.15. The van der Waals surface area contributed by atoms with Crippen LogP contribution < -0.4 is 4.74 Å². The fraction of sp³-hybridized carbons (Fsp3) is 0.409. The van der Waals surface area contributed by atoms with Gasteiger partial charge in [0.2, 0.25) is 0 Å². The molecule has 0 aliphatic carbocycles. The highest BCUT2D eigenvalue weighted by atomic mass is 16.5. The molecule has 0 amide bonds. The highest BCUT2D eigenvalue weighted by Crippen LogP contribution is 2.28. The molecule has 0 saturated heterocycles. The Morgan fingerprint density at radius 3 is 2.69 bits per heavy atom. The molecular formula is C22H29NO3. The van der Waals surface area contributed by atoms with Crippen LogP contribution in [0.4, 0.5) is 0 Å². The number of ether oxygens (including phenoxy) is 2. The van der Waals surface area contributed by atoms with Crippen LogP contribution in [0, 0.1) is 6.92 Å². The van der Waals surface area contributed by atoms with Crippen LogP contribution in [0.3, 0.4) is 0 Å². The molecule has 0 radical (unpaired) electrons. The first kappa shape index (κ1) is 20.1. The fourth-order valence-corrected chi connectivity index (χ4v) is 2.81. The predicted molar refractivity (Wildman–Crippen MR) is 104 cm³/mol. The zero-order valence-corrected chi connectivity index (χ0v) is 15.8. The lowest BCUT2D eigenvalue weighted by Crippen LogP contribution is -2.18. The number of aliphatic hydroxyl groups is 1. The summed E-state index contributed by atoms with van der Waals surface area (Å²) in [6.45, 7) is 9.01. The molecule has 0 aliphatic heterocycles. The molecule has 1 aromatic heterocycles. The van der Waals surface area contributed by atoms with Crippen LogP contribution in [0.5, 0.6) is 5.75 Å². The Kier molecular flexibility index (Phi) is 8.32. The van der Waals surface area contributed by atoms with E-state index in [4.69, 9.17) is 9.47 Å². The maximum atomic E-state index is 9.92. The minimum absolute atomic E-state index is 0.236. The van der Waals surface area contributed by atoms with Crippen molar-refractivity contribution in [2.75, 3.05) is 6.61 Å². The summed E-state index contributed by atoms with van der Waals surface area (Å²) in [4.78, 5) is 4.46. The van der Waals surface area contributed by atoms with Crippen LogP contribution in [0.15, 0.2) is 49.2 Å². The summed E-state index contributed by atoms with van der Waals surface area (Å²) in [5, 5.41) is 9.92. The minimum Gasteiger partial charge on any atom is -0.489 e. The van der Waals surface area contributed by atoms with Gasteiger partial charge >= 0.3 is 0 Å². The van der Waals surface area contributed by atoms with Gasteiger partial charge in [-0.2, -0.15) is 0 Å². The number of aliphatic hydroxyl groups excluding tert-OH is 1. The Morgan fingerprint density at radius 1 is 1.23 bits per heavy atom. The minimum atomic E-state index is -0.556. The molecule has 1 N–H and O–H groups in total. The van der Waals surface area contributed by atoms with Gasteiger partial charge in [0.1, 0.15) is 12.4 Å². The number of rotatable bonds is 11. The Morgan fingerprint density at radius 2 is 2.00 bits per heavy atom. The van der Waals surface area contributed by atoms with E-state index in [-0.39, 0.29) is 6.61 Å². The average molecular weight is 355 g/mol. The summed E-state index contributed by atoms with van der Waals surface area (Å²) in [5.74, 6) is 0.774. The Labute approximate surface area is 156 Å². The largest absolute Gasteiger partial charge is 0.489 e. The third-order valence-electron chi connectivity index (χ3n) is 4.13. The topological polar surface area (TPSA) is 51.6 Å². The van der Waals surface area contributed by atoms with Crippen LogP contribution in [-0.4, -0.2) is 22.8 Å². The predicted octanol–water partition coefficient (Wildman–Crippen LogP) is 4.38. The third kappa shape index (κ3) is 5.97. The normalized spacial score (nSPS) is 12.0.